The number of hydrogen-bond acceptors (Lipinski definition) is 3. The topological polar surface area (TPSA) is 62.4 Å². The number of methoxy groups -OCH3 is 1. The number of fused-ring (bicyclic) bond motifs is 1. The van der Waals surface area contributed by atoms with Gasteiger partial charge in [-0.3, -0.25) is 4.79 Å². The zero-order valence-electron chi connectivity index (χ0n) is 12.2. The first-order valence-electron chi connectivity index (χ1n) is 7.09. The number of aromatic nitrogens is 1. The maximum Gasteiger partial charge on any atom is 0.328 e. The molecule has 0 bridgehead atoms. The van der Waals surface area contributed by atoms with Crippen molar-refractivity contribution in [3.05, 3.63) is 35.5 Å². The van der Waals surface area contributed by atoms with Crippen LogP contribution < -0.4 is 0 Å². The number of benzene rings is 1. The number of nitrogens with zero attached hydrogens (tertiary/aromatic N) is 1. The van der Waals surface area contributed by atoms with E-state index in [4.69, 9.17) is 4.74 Å². The summed E-state index contributed by atoms with van der Waals surface area (Å²) in [7, 11) is 1.36. The van der Waals surface area contributed by atoms with Crippen molar-refractivity contribution in [2.24, 2.45) is 0 Å². The van der Waals surface area contributed by atoms with Crippen LogP contribution in [0.1, 0.15) is 28.9 Å². The predicted octanol–water partition coefficient (Wildman–Crippen LogP) is 2.25. The molecule has 1 fully saturated rings. The van der Waals surface area contributed by atoms with Crippen LogP contribution in [-0.2, 0) is 9.53 Å². The number of hydrogen-bond donors (Lipinski definition) is 1. The summed E-state index contributed by atoms with van der Waals surface area (Å²) in [5.41, 5.74) is 2.42. The molecule has 1 atom stereocenters. The van der Waals surface area contributed by atoms with Crippen LogP contribution in [0.15, 0.2) is 24.3 Å². The molecule has 2 heterocycles. The Bertz CT molecular complexity index is 705. The van der Waals surface area contributed by atoms with E-state index in [0.717, 1.165) is 23.0 Å². The van der Waals surface area contributed by atoms with Crippen molar-refractivity contribution < 1.29 is 14.3 Å². The van der Waals surface area contributed by atoms with Crippen molar-refractivity contribution in [1.82, 2.24) is 9.88 Å². The first-order valence-corrected chi connectivity index (χ1v) is 7.09. The molecular formula is C16H18N2O3. The highest BCUT2D eigenvalue weighted by Gasteiger charge is 2.36. The number of carbonyl (C=O) groups excluding carboxylic acids is 2. The second kappa shape index (κ2) is 5.24. The quantitative estimate of drug-likeness (QED) is 0.861. The second-order valence-corrected chi connectivity index (χ2v) is 5.35. The van der Waals surface area contributed by atoms with E-state index in [0.29, 0.717) is 18.5 Å². The molecule has 3 rings (SSSR count). The third-order valence-corrected chi connectivity index (χ3v) is 4.09. The highest BCUT2D eigenvalue weighted by molar-refractivity contribution is 6.09. The minimum absolute atomic E-state index is 0.0992. The summed E-state index contributed by atoms with van der Waals surface area (Å²) < 4.78 is 4.81. The molecule has 5 heteroatoms. The number of ether oxygens (including phenoxy) is 1. The Labute approximate surface area is 122 Å². The summed E-state index contributed by atoms with van der Waals surface area (Å²) in [6.07, 6.45) is 1.49. The zero-order chi connectivity index (χ0) is 15.0. The molecule has 0 radical (unpaired) electrons. The molecule has 21 heavy (non-hydrogen) atoms. The molecule has 1 aliphatic rings. The van der Waals surface area contributed by atoms with Gasteiger partial charge in [-0.1, -0.05) is 18.2 Å². The molecule has 5 nitrogen and oxygen atoms in total. The molecule has 1 aliphatic heterocycles. The first-order chi connectivity index (χ1) is 10.1. The fourth-order valence-corrected chi connectivity index (χ4v) is 3.09. The van der Waals surface area contributed by atoms with Crippen LogP contribution in [0.3, 0.4) is 0 Å². The number of aromatic amines is 1. The highest BCUT2D eigenvalue weighted by Crippen LogP contribution is 2.27. The Morgan fingerprint density at radius 2 is 2.10 bits per heavy atom. The van der Waals surface area contributed by atoms with Crippen LogP contribution in [0.25, 0.3) is 10.9 Å². The van der Waals surface area contributed by atoms with E-state index in [2.05, 4.69) is 4.98 Å². The Balaban J connectivity index is 2.00. The number of likely N-dealkylation sites (tertiary alicyclic amines) is 1. The molecule has 1 amide bonds. The van der Waals surface area contributed by atoms with Crippen molar-refractivity contribution in [2.45, 2.75) is 25.8 Å². The van der Waals surface area contributed by atoms with Gasteiger partial charge in [-0.25, -0.2) is 4.79 Å². The average Bonchev–Trinajstić information content (AvgIpc) is 3.09. The molecule has 0 aliphatic carbocycles. The Morgan fingerprint density at radius 3 is 2.86 bits per heavy atom. The van der Waals surface area contributed by atoms with Crippen molar-refractivity contribution in [3.63, 3.8) is 0 Å². The van der Waals surface area contributed by atoms with Gasteiger partial charge < -0.3 is 14.6 Å². The largest absolute Gasteiger partial charge is 0.467 e. The number of H-pyrrole nitrogens is 1. The van der Waals surface area contributed by atoms with Gasteiger partial charge in [0, 0.05) is 23.1 Å². The van der Waals surface area contributed by atoms with Crippen LogP contribution >= 0.6 is 0 Å². The van der Waals surface area contributed by atoms with Gasteiger partial charge in [0.1, 0.15) is 6.04 Å². The number of para-hydroxylation sites is 1. The molecule has 2 aromatic rings. The summed E-state index contributed by atoms with van der Waals surface area (Å²) in [5, 5.41) is 0.899. The molecule has 0 spiro atoms. The molecule has 1 N–H and O–H groups in total. The number of amides is 1. The van der Waals surface area contributed by atoms with E-state index in [-0.39, 0.29) is 11.9 Å². The lowest BCUT2D eigenvalue weighted by Gasteiger charge is -2.22. The first kappa shape index (κ1) is 13.7. The molecule has 0 saturated carbocycles. The van der Waals surface area contributed by atoms with Gasteiger partial charge in [-0.2, -0.15) is 0 Å². The van der Waals surface area contributed by atoms with E-state index in [1.165, 1.54) is 7.11 Å². The van der Waals surface area contributed by atoms with Gasteiger partial charge in [-0.15, -0.1) is 0 Å². The molecule has 1 saturated heterocycles. The zero-order valence-corrected chi connectivity index (χ0v) is 12.2. The van der Waals surface area contributed by atoms with E-state index in [1.807, 2.05) is 31.2 Å². The van der Waals surface area contributed by atoms with Crippen LogP contribution in [-0.4, -0.2) is 41.5 Å². The van der Waals surface area contributed by atoms with Crippen molar-refractivity contribution >= 4 is 22.8 Å². The van der Waals surface area contributed by atoms with Gasteiger partial charge in [0.05, 0.1) is 12.7 Å². The standard InChI is InChI=1S/C16H18N2O3/c1-10-14(11-6-3-4-7-12(11)17-10)15(19)18-9-5-8-13(18)16(20)21-2/h3-4,6-7,13,17H,5,8-9H2,1-2H3. The molecular weight excluding hydrogens is 268 g/mol. The van der Waals surface area contributed by atoms with Crippen LogP contribution in [0, 0.1) is 6.92 Å². The summed E-state index contributed by atoms with van der Waals surface area (Å²) in [6, 6.07) is 7.25. The SMILES string of the molecule is COC(=O)C1CCCN1C(=O)c1c(C)[nH]c2ccccc12. The van der Waals surface area contributed by atoms with E-state index < -0.39 is 6.04 Å². The van der Waals surface area contributed by atoms with Gasteiger partial charge in [0.15, 0.2) is 0 Å². The maximum atomic E-state index is 12.9. The minimum atomic E-state index is -0.462. The lowest BCUT2D eigenvalue weighted by Crippen LogP contribution is -2.41. The third-order valence-electron chi connectivity index (χ3n) is 4.09. The monoisotopic (exact) mass is 286 g/mol. The Kier molecular flexibility index (Phi) is 3.41. The summed E-state index contributed by atoms with van der Waals surface area (Å²) in [5.74, 6) is -0.434. The number of aryl methyl sites for hydroxylation is 1. The third kappa shape index (κ3) is 2.18. The summed E-state index contributed by atoms with van der Waals surface area (Å²) in [6.45, 7) is 2.48. The Morgan fingerprint density at radius 1 is 1.33 bits per heavy atom. The molecule has 1 aromatic heterocycles. The summed E-state index contributed by atoms with van der Waals surface area (Å²) >= 11 is 0. The number of esters is 1. The minimum Gasteiger partial charge on any atom is -0.467 e. The van der Waals surface area contributed by atoms with Crippen molar-refractivity contribution in [2.75, 3.05) is 13.7 Å². The van der Waals surface area contributed by atoms with Gasteiger partial charge >= 0.3 is 5.97 Å². The van der Waals surface area contributed by atoms with E-state index >= 15 is 0 Å². The van der Waals surface area contributed by atoms with Gasteiger partial charge in [-0.05, 0) is 25.8 Å². The second-order valence-electron chi connectivity index (χ2n) is 5.35. The predicted molar refractivity (Wildman–Crippen MR) is 79.1 cm³/mol. The fourth-order valence-electron chi connectivity index (χ4n) is 3.09. The number of rotatable bonds is 2. The highest BCUT2D eigenvalue weighted by atomic mass is 16.5. The lowest BCUT2D eigenvalue weighted by atomic mass is 10.1. The number of nitrogens with one attached hydrogen (secondary N) is 1. The molecule has 1 unspecified atom stereocenters. The molecule has 1 aromatic carbocycles. The average molecular weight is 286 g/mol. The normalized spacial score (nSPS) is 18.2. The van der Waals surface area contributed by atoms with Gasteiger partial charge in [0.25, 0.3) is 5.91 Å². The van der Waals surface area contributed by atoms with E-state index in [9.17, 15) is 9.59 Å². The van der Waals surface area contributed by atoms with Crippen LogP contribution in [0.2, 0.25) is 0 Å². The van der Waals surface area contributed by atoms with Gasteiger partial charge in [0.2, 0.25) is 0 Å². The summed E-state index contributed by atoms with van der Waals surface area (Å²) in [4.78, 5) is 29.6. The van der Waals surface area contributed by atoms with Crippen molar-refractivity contribution in [1.29, 1.82) is 0 Å². The Hall–Kier alpha value is -2.30. The maximum absolute atomic E-state index is 12.9. The van der Waals surface area contributed by atoms with Crippen molar-refractivity contribution in [3.8, 4) is 0 Å². The van der Waals surface area contributed by atoms with Crippen LogP contribution in [0.4, 0.5) is 0 Å². The molecule has 110 valence electrons. The lowest BCUT2D eigenvalue weighted by molar-refractivity contribution is -0.145. The smallest absolute Gasteiger partial charge is 0.328 e. The van der Waals surface area contributed by atoms with Crippen LogP contribution in [0.5, 0.6) is 0 Å². The number of carbonyl (C=O) groups is 2. The van der Waals surface area contributed by atoms with E-state index in [1.54, 1.807) is 4.90 Å². The fraction of sp³-hybridized carbons (Fsp3) is 0.375.